The van der Waals surface area contributed by atoms with Crippen LogP contribution in [-0.4, -0.2) is 26.0 Å². The van der Waals surface area contributed by atoms with Gasteiger partial charge in [-0.2, -0.15) is 0 Å². The number of carbonyl (C=O) groups excluding carboxylic acids is 2. The normalized spacial score (nSPS) is 16.5. The third-order valence-corrected chi connectivity index (χ3v) is 7.37. The van der Waals surface area contributed by atoms with Gasteiger partial charge >= 0.3 is 0 Å². The van der Waals surface area contributed by atoms with Gasteiger partial charge in [-0.3, -0.25) is 14.5 Å². The lowest BCUT2D eigenvalue weighted by Gasteiger charge is -2.42. The van der Waals surface area contributed by atoms with Gasteiger partial charge in [-0.25, -0.2) is 0 Å². The Kier molecular flexibility index (Phi) is 7.20. The van der Waals surface area contributed by atoms with Crippen molar-refractivity contribution < 1.29 is 19.1 Å². The molecule has 1 heterocycles. The summed E-state index contributed by atoms with van der Waals surface area (Å²) < 4.78 is 11.6. The van der Waals surface area contributed by atoms with E-state index in [0.717, 1.165) is 21.3 Å². The Balaban J connectivity index is 1.68. The van der Waals surface area contributed by atoms with Crippen molar-refractivity contribution in [1.29, 1.82) is 0 Å². The first-order chi connectivity index (χ1) is 18.4. The van der Waals surface area contributed by atoms with Gasteiger partial charge in [-0.15, -0.1) is 0 Å². The number of benzene rings is 4. The summed E-state index contributed by atoms with van der Waals surface area (Å²) in [6.07, 6.45) is 0. The van der Waals surface area contributed by atoms with E-state index in [1.807, 2.05) is 91.9 Å². The van der Waals surface area contributed by atoms with Crippen LogP contribution in [0.1, 0.15) is 39.0 Å². The average Bonchev–Trinajstić information content (AvgIpc) is 2.94. The first-order valence-corrected chi connectivity index (χ1v) is 13.0. The van der Waals surface area contributed by atoms with E-state index in [1.54, 1.807) is 25.2 Å². The Bertz CT molecular complexity index is 1490. The van der Waals surface area contributed by atoms with E-state index in [9.17, 15) is 9.59 Å². The second-order valence-electron chi connectivity index (χ2n) is 9.10. The summed E-state index contributed by atoms with van der Waals surface area (Å²) in [5.41, 5.74) is 4.33. The van der Waals surface area contributed by atoms with Crippen LogP contribution in [0.25, 0.3) is 0 Å². The molecule has 0 fully saturated rings. The zero-order valence-electron chi connectivity index (χ0n) is 21.3. The summed E-state index contributed by atoms with van der Waals surface area (Å²) in [6.45, 7) is 1.95. The molecule has 7 heteroatoms. The van der Waals surface area contributed by atoms with Crippen LogP contribution in [0.4, 0.5) is 11.4 Å². The fraction of sp³-hybridized carbons (Fsp3) is 0.161. The molecule has 0 saturated carbocycles. The third kappa shape index (κ3) is 4.77. The quantitative estimate of drug-likeness (QED) is 0.274. The molecular formula is C31H27BrN2O4. The third-order valence-electron chi connectivity index (χ3n) is 6.88. The van der Waals surface area contributed by atoms with Crippen molar-refractivity contribution in [2.45, 2.75) is 18.9 Å². The number of fused-ring (bicyclic) bond motifs is 1. The Morgan fingerprint density at radius 2 is 1.50 bits per heavy atom. The minimum Gasteiger partial charge on any atom is -0.497 e. The van der Waals surface area contributed by atoms with Crippen LogP contribution >= 0.6 is 15.9 Å². The van der Waals surface area contributed by atoms with Crippen LogP contribution in [0, 0.1) is 6.92 Å². The van der Waals surface area contributed by atoms with Crippen molar-refractivity contribution in [2.24, 2.45) is 0 Å². The first kappa shape index (κ1) is 25.5. The van der Waals surface area contributed by atoms with Crippen LogP contribution in [-0.2, 0) is 4.79 Å². The first-order valence-electron chi connectivity index (χ1n) is 12.2. The largest absolute Gasteiger partial charge is 0.497 e. The Hall–Kier alpha value is -4.10. The maximum atomic E-state index is 14.2. The van der Waals surface area contributed by atoms with Gasteiger partial charge in [0.05, 0.1) is 26.2 Å². The van der Waals surface area contributed by atoms with Gasteiger partial charge in [0, 0.05) is 21.4 Å². The molecule has 0 aliphatic carbocycles. The minimum absolute atomic E-state index is 0.171. The van der Waals surface area contributed by atoms with Gasteiger partial charge in [0.2, 0.25) is 5.91 Å². The van der Waals surface area contributed by atoms with Crippen molar-refractivity contribution in [3.63, 3.8) is 0 Å². The van der Waals surface area contributed by atoms with Gasteiger partial charge in [0.1, 0.15) is 11.5 Å². The molecule has 4 aromatic carbocycles. The fourth-order valence-electron chi connectivity index (χ4n) is 4.96. The van der Waals surface area contributed by atoms with Crippen molar-refractivity contribution in [3.05, 3.63) is 118 Å². The molecule has 2 unspecified atom stereocenters. The highest BCUT2D eigenvalue weighted by Crippen LogP contribution is 2.46. The highest BCUT2D eigenvalue weighted by Gasteiger charge is 2.45. The Morgan fingerprint density at radius 3 is 2.13 bits per heavy atom. The van der Waals surface area contributed by atoms with Crippen molar-refractivity contribution >= 4 is 39.1 Å². The number of hydrogen-bond acceptors (Lipinski definition) is 4. The Labute approximate surface area is 230 Å². The summed E-state index contributed by atoms with van der Waals surface area (Å²) in [5, 5.41) is 3.13. The molecule has 0 spiro atoms. The number of hydrogen-bond donors (Lipinski definition) is 1. The molecular weight excluding hydrogens is 544 g/mol. The number of ether oxygens (including phenoxy) is 2. The molecule has 0 radical (unpaired) electrons. The molecule has 1 aliphatic rings. The van der Waals surface area contributed by atoms with Gasteiger partial charge in [0.15, 0.2) is 0 Å². The molecule has 38 heavy (non-hydrogen) atoms. The highest BCUT2D eigenvalue weighted by molar-refractivity contribution is 9.10. The number of amides is 2. The maximum Gasteiger partial charge on any atom is 0.259 e. The summed E-state index contributed by atoms with van der Waals surface area (Å²) in [6, 6.07) is 27.3. The minimum atomic E-state index is -0.678. The number of carbonyl (C=O) groups is 2. The molecule has 0 bridgehead atoms. The lowest BCUT2D eigenvalue weighted by atomic mass is 9.78. The van der Waals surface area contributed by atoms with E-state index >= 15 is 0 Å². The van der Waals surface area contributed by atoms with Crippen LogP contribution in [0.2, 0.25) is 0 Å². The molecule has 0 aromatic heterocycles. The summed E-state index contributed by atoms with van der Waals surface area (Å²) in [4.78, 5) is 29.9. The fourth-order valence-corrected chi connectivity index (χ4v) is 5.44. The standard InChI is InChI=1S/C31H27BrN2O4/c1-19-18-21(32)10-17-27(19)33-30(35)28-25-6-4-5-7-26(25)31(36)34(22-11-15-24(38-3)16-12-22)29(28)20-8-13-23(37-2)14-9-20/h4-18,28-29H,1-3H3,(H,33,35). The highest BCUT2D eigenvalue weighted by atomic mass is 79.9. The van der Waals surface area contributed by atoms with Gasteiger partial charge in [-0.05, 0) is 84.3 Å². The SMILES string of the molecule is COc1ccc(C2C(C(=O)Nc3ccc(Br)cc3C)c3ccccc3C(=O)N2c2ccc(OC)cc2)cc1. The number of nitrogens with one attached hydrogen (secondary N) is 1. The van der Waals surface area contributed by atoms with E-state index in [1.165, 1.54) is 0 Å². The molecule has 2 atom stereocenters. The lowest BCUT2D eigenvalue weighted by molar-refractivity contribution is -0.118. The zero-order valence-corrected chi connectivity index (χ0v) is 22.9. The molecule has 1 N–H and O–H groups in total. The summed E-state index contributed by atoms with van der Waals surface area (Å²) in [5.74, 6) is 0.325. The molecule has 192 valence electrons. The van der Waals surface area contributed by atoms with Crippen LogP contribution in [0.3, 0.4) is 0 Å². The van der Waals surface area contributed by atoms with Crippen LogP contribution < -0.4 is 19.7 Å². The van der Waals surface area contributed by atoms with Crippen LogP contribution in [0.15, 0.2) is 95.5 Å². The van der Waals surface area contributed by atoms with E-state index in [2.05, 4.69) is 21.2 Å². The number of halogens is 1. The van der Waals surface area contributed by atoms with Crippen LogP contribution in [0.5, 0.6) is 11.5 Å². The van der Waals surface area contributed by atoms with Gasteiger partial charge < -0.3 is 14.8 Å². The number of rotatable bonds is 6. The topological polar surface area (TPSA) is 67.9 Å². The number of methoxy groups -OCH3 is 2. The summed E-state index contributed by atoms with van der Waals surface area (Å²) >= 11 is 3.49. The monoisotopic (exact) mass is 570 g/mol. The summed E-state index contributed by atoms with van der Waals surface area (Å²) in [7, 11) is 3.21. The maximum absolute atomic E-state index is 14.2. The van der Waals surface area contributed by atoms with E-state index in [4.69, 9.17) is 9.47 Å². The molecule has 6 nitrogen and oxygen atoms in total. The second kappa shape index (κ2) is 10.7. The van der Waals surface area contributed by atoms with Crippen molar-refractivity contribution in [2.75, 3.05) is 24.4 Å². The molecule has 5 rings (SSSR count). The average molecular weight is 571 g/mol. The Morgan fingerprint density at radius 1 is 0.868 bits per heavy atom. The molecule has 1 aliphatic heterocycles. The smallest absolute Gasteiger partial charge is 0.259 e. The molecule has 4 aromatic rings. The van der Waals surface area contributed by atoms with E-state index in [-0.39, 0.29) is 11.8 Å². The van der Waals surface area contributed by atoms with E-state index < -0.39 is 12.0 Å². The van der Waals surface area contributed by atoms with Crippen molar-refractivity contribution in [3.8, 4) is 11.5 Å². The van der Waals surface area contributed by atoms with Crippen molar-refractivity contribution in [1.82, 2.24) is 0 Å². The predicted molar refractivity (Wildman–Crippen MR) is 152 cm³/mol. The molecule has 0 saturated heterocycles. The second-order valence-corrected chi connectivity index (χ2v) is 10.0. The van der Waals surface area contributed by atoms with Gasteiger partial charge in [-0.1, -0.05) is 46.3 Å². The number of anilines is 2. The number of aryl methyl sites for hydroxylation is 1. The zero-order chi connectivity index (χ0) is 26.8. The predicted octanol–water partition coefficient (Wildman–Crippen LogP) is 6.90. The number of nitrogens with zero attached hydrogens (tertiary/aromatic N) is 1. The van der Waals surface area contributed by atoms with Gasteiger partial charge in [0.25, 0.3) is 5.91 Å². The lowest BCUT2D eigenvalue weighted by Crippen LogP contribution is -2.46. The molecule has 2 amide bonds. The van der Waals surface area contributed by atoms with E-state index in [0.29, 0.717) is 28.3 Å².